The van der Waals surface area contributed by atoms with Gasteiger partial charge in [-0.1, -0.05) is 11.6 Å². The fourth-order valence-electron chi connectivity index (χ4n) is 1.68. The van der Waals surface area contributed by atoms with E-state index in [1.807, 2.05) is 17.8 Å². The molecule has 5 nitrogen and oxygen atoms in total. The van der Waals surface area contributed by atoms with Crippen molar-refractivity contribution < 1.29 is 14.6 Å². The zero-order valence-electron chi connectivity index (χ0n) is 10.8. The van der Waals surface area contributed by atoms with Crippen LogP contribution in [0, 0.1) is 0 Å². The molecule has 0 aliphatic carbocycles. The summed E-state index contributed by atoms with van der Waals surface area (Å²) in [4.78, 5) is 4.16. The normalized spacial score (nSPS) is 10.5. The van der Waals surface area contributed by atoms with E-state index in [4.69, 9.17) is 26.2 Å². The molecule has 1 heterocycles. The lowest BCUT2D eigenvalue weighted by Gasteiger charge is -2.13. The van der Waals surface area contributed by atoms with Crippen molar-refractivity contribution in [3.05, 3.63) is 40.9 Å². The smallest absolute Gasteiger partial charge is 0.180 e. The quantitative estimate of drug-likeness (QED) is 0.913. The molecular weight excluding hydrogens is 268 g/mol. The van der Waals surface area contributed by atoms with E-state index in [-0.39, 0.29) is 13.2 Å². The molecule has 0 spiro atoms. The number of ether oxygens (including phenoxy) is 2. The average molecular weight is 283 g/mol. The predicted octanol–water partition coefficient (Wildman–Crippen LogP) is 2.15. The van der Waals surface area contributed by atoms with Crippen molar-refractivity contribution in [2.45, 2.75) is 13.2 Å². The summed E-state index contributed by atoms with van der Waals surface area (Å²) in [5, 5.41) is 9.52. The van der Waals surface area contributed by atoms with Gasteiger partial charge in [0.25, 0.3) is 0 Å². The number of methoxy groups -OCH3 is 1. The van der Waals surface area contributed by atoms with Gasteiger partial charge in [-0.05, 0) is 17.7 Å². The lowest BCUT2D eigenvalue weighted by atomic mass is 10.2. The summed E-state index contributed by atoms with van der Waals surface area (Å²) in [6.45, 7) is 0.188. The third-order valence-electron chi connectivity index (χ3n) is 2.74. The van der Waals surface area contributed by atoms with Gasteiger partial charge in [-0.3, -0.25) is 0 Å². The van der Waals surface area contributed by atoms with Gasteiger partial charge in [0.05, 0.1) is 18.7 Å². The van der Waals surface area contributed by atoms with Crippen LogP contribution in [0.3, 0.4) is 0 Å². The molecule has 0 aliphatic heterocycles. The first-order valence-corrected chi connectivity index (χ1v) is 6.09. The van der Waals surface area contributed by atoms with Crippen LogP contribution in [0.1, 0.15) is 11.4 Å². The molecule has 1 N–H and O–H groups in total. The lowest BCUT2D eigenvalue weighted by Crippen LogP contribution is -2.04. The average Bonchev–Trinajstić information content (AvgIpc) is 2.82. The predicted molar refractivity (Wildman–Crippen MR) is 71.5 cm³/mol. The Balaban J connectivity index is 2.22. The number of hydrogen-bond donors (Lipinski definition) is 1. The van der Waals surface area contributed by atoms with E-state index >= 15 is 0 Å². The standard InChI is InChI=1S/C13H15ClN2O3/c1-16-4-3-15-12(16)8-19-13-10(14)5-9(7-17)6-11(13)18-2/h3-6,17H,7-8H2,1-2H3. The molecule has 0 bridgehead atoms. The summed E-state index contributed by atoms with van der Waals surface area (Å²) in [6, 6.07) is 3.34. The van der Waals surface area contributed by atoms with Gasteiger partial charge in [0.2, 0.25) is 0 Å². The highest BCUT2D eigenvalue weighted by Gasteiger charge is 2.13. The van der Waals surface area contributed by atoms with Crippen molar-refractivity contribution in [1.29, 1.82) is 0 Å². The summed E-state index contributed by atoms with van der Waals surface area (Å²) in [5.41, 5.74) is 0.672. The van der Waals surface area contributed by atoms with Crippen molar-refractivity contribution in [3.63, 3.8) is 0 Å². The highest BCUT2D eigenvalue weighted by molar-refractivity contribution is 6.32. The van der Waals surface area contributed by atoms with E-state index in [0.717, 1.165) is 5.82 Å². The van der Waals surface area contributed by atoms with Crippen LogP contribution >= 0.6 is 11.6 Å². The Morgan fingerprint density at radius 2 is 2.21 bits per heavy atom. The minimum atomic E-state index is -0.101. The van der Waals surface area contributed by atoms with Crippen LogP contribution in [0.5, 0.6) is 11.5 Å². The van der Waals surface area contributed by atoms with Crippen molar-refractivity contribution in [1.82, 2.24) is 9.55 Å². The molecule has 0 fully saturated rings. The number of halogens is 1. The zero-order valence-corrected chi connectivity index (χ0v) is 11.5. The first kappa shape index (κ1) is 13.7. The number of aromatic nitrogens is 2. The van der Waals surface area contributed by atoms with Crippen LogP contribution in [0.25, 0.3) is 0 Å². The van der Waals surface area contributed by atoms with Crippen molar-refractivity contribution >= 4 is 11.6 Å². The maximum Gasteiger partial charge on any atom is 0.180 e. The van der Waals surface area contributed by atoms with Crippen molar-refractivity contribution in [3.8, 4) is 11.5 Å². The number of benzene rings is 1. The van der Waals surface area contributed by atoms with E-state index in [0.29, 0.717) is 22.1 Å². The Labute approximate surface area is 116 Å². The molecule has 0 saturated carbocycles. The molecule has 6 heteroatoms. The minimum absolute atomic E-state index is 0.101. The van der Waals surface area contributed by atoms with Gasteiger partial charge in [-0.15, -0.1) is 0 Å². The second-order valence-electron chi connectivity index (χ2n) is 4.01. The summed E-state index contributed by atoms with van der Waals surface area (Å²) < 4.78 is 12.7. The van der Waals surface area contributed by atoms with E-state index in [2.05, 4.69) is 4.98 Å². The number of imidazole rings is 1. The van der Waals surface area contributed by atoms with Gasteiger partial charge in [0, 0.05) is 19.4 Å². The molecule has 0 amide bonds. The number of nitrogens with zero attached hydrogens (tertiary/aromatic N) is 2. The van der Waals surface area contributed by atoms with Gasteiger partial charge in [0.15, 0.2) is 11.5 Å². The molecule has 0 saturated heterocycles. The maximum atomic E-state index is 9.12. The van der Waals surface area contributed by atoms with Gasteiger partial charge < -0.3 is 19.1 Å². The first-order chi connectivity index (χ1) is 9.15. The summed E-state index contributed by atoms with van der Waals surface area (Å²) >= 11 is 6.13. The van der Waals surface area contributed by atoms with E-state index in [1.165, 1.54) is 7.11 Å². The van der Waals surface area contributed by atoms with Crippen LogP contribution in [-0.4, -0.2) is 21.8 Å². The van der Waals surface area contributed by atoms with Crippen LogP contribution in [0.4, 0.5) is 0 Å². The van der Waals surface area contributed by atoms with Crippen molar-refractivity contribution in [2.24, 2.45) is 7.05 Å². The summed E-state index contributed by atoms with van der Waals surface area (Å²) in [5.74, 6) is 1.72. The molecule has 1 aromatic carbocycles. The third kappa shape index (κ3) is 3.00. The number of aliphatic hydroxyl groups excluding tert-OH is 1. The number of rotatable bonds is 5. The second kappa shape index (κ2) is 5.95. The highest BCUT2D eigenvalue weighted by atomic mass is 35.5. The van der Waals surface area contributed by atoms with Gasteiger partial charge in [-0.2, -0.15) is 0 Å². The molecule has 1 aromatic heterocycles. The number of aliphatic hydroxyl groups is 1. The fraction of sp³-hybridized carbons (Fsp3) is 0.308. The highest BCUT2D eigenvalue weighted by Crippen LogP contribution is 2.36. The van der Waals surface area contributed by atoms with Gasteiger partial charge in [0.1, 0.15) is 12.4 Å². The molecular formula is C13H15ClN2O3. The minimum Gasteiger partial charge on any atom is -0.493 e. The van der Waals surface area contributed by atoms with Crippen LogP contribution in [0.15, 0.2) is 24.5 Å². The lowest BCUT2D eigenvalue weighted by molar-refractivity contribution is 0.268. The Hall–Kier alpha value is -1.72. The Morgan fingerprint density at radius 1 is 1.42 bits per heavy atom. The van der Waals surface area contributed by atoms with Crippen LogP contribution < -0.4 is 9.47 Å². The molecule has 19 heavy (non-hydrogen) atoms. The molecule has 2 rings (SSSR count). The maximum absolute atomic E-state index is 9.12. The monoisotopic (exact) mass is 282 g/mol. The molecule has 2 aromatic rings. The first-order valence-electron chi connectivity index (χ1n) is 5.72. The molecule has 102 valence electrons. The Morgan fingerprint density at radius 3 is 2.79 bits per heavy atom. The van der Waals surface area contributed by atoms with Crippen LogP contribution in [0.2, 0.25) is 5.02 Å². The summed E-state index contributed by atoms with van der Waals surface area (Å²) in [6.07, 6.45) is 3.54. The zero-order chi connectivity index (χ0) is 13.8. The van der Waals surface area contributed by atoms with E-state index < -0.39 is 0 Å². The van der Waals surface area contributed by atoms with E-state index in [9.17, 15) is 0 Å². The Bertz CT molecular complexity index is 569. The topological polar surface area (TPSA) is 56.5 Å². The molecule has 0 atom stereocenters. The number of hydrogen-bond acceptors (Lipinski definition) is 4. The SMILES string of the molecule is COc1cc(CO)cc(Cl)c1OCc1nccn1C. The Kier molecular flexibility index (Phi) is 4.29. The molecule has 0 unspecified atom stereocenters. The summed E-state index contributed by atoms with van der Waals surface area (Å²) in [7, 11) is 3.42. The fourth-order valence-corrected chi connectivity index (χ4v) is 1.96. The second-order valence-corrected chi connectivity index (χ2v) is 4.42. The molecule has 0 radical (unpaired) electrons. The van der Waals surface area contributed by atoms with Crippen molar-refractivity contribution in [2.75, 3.05) is 7.11 Å². The number of aryl methyl sites for hydroxylation is 1. The third-order valence-corrected chi connectivity index (χ3v) is 3.02. The van der Waals surface area contributed by atoms with Crippen LogP contribution in [-0.2, 0) is 20.3 Å². The largest absolute Gasteiger partial charge is 0.493 e. The molecule has 0 aliphatic rings. The van der Waals surface area contributed by atoms with Gasteiger partial charge >= 0.3 is 0 Å². The van der Waals surface area contributed by atoms with E-state index in [1.54, 1.807) is 18.3 Å². The van der Waals surface area contributed by atoms with Gasteiger partial charge in [-0.25, -0.2) is 4.98 Å².